The van der Waals surface area contributed by atoms with Gasteiger partial charge in [-0.15, -0.1) is 0 Å². The lowest BCUT2D eigenvalue weighted by molar-refractivity contribution is -0.116. The Labute approximate surface area is 70.6 Å². The summed E-state index contributed by atoms with van der Waals surface area (Å²) in [5.41, 5.74) is 0. The minimum Gasteiger partial charge on any atom is -0.504 e. The molecule has 0 heterocycles. The Morgan fingerprint density at radius 1 is 1.30 bits per heavy atom. The first-order valence-corrected chi connectivity index (χ1v) is 3.55. The van der Waals surface area contributed by atoms with Crippen molar-refractivity contribution in [3.05, 3.63) is 21.5 Å². The second-order valence-electron chi connectivity index (χ2n) is 1.75. The van der Waals surface area contributed by atoms with Crippen molar-refractivity contribution in [3.63, 3.8) is 0 Å². The molecule has 0 amide bonds. The molecule has 0 spiro atoms. The summed E-state index contributed by atoms with van der Waals surface area (Å²) in [5.74, 6) is -1.31. The van der Waals surface area contributed by atoms with Crippen LogP contribution in [0.2, 0.25) is 0 Å². The molecule has 0 radical (unpaired) electrons. The first kappa shape index (κ1) is 7.46. The van der Waals surface area contributed by atoms with Crippen molar-refractivity contribution in [1.82, 2.24) is 0 Å². The van der Waals surface area contributed by atoms with E-state index in [-0.39, 0.29) is 9.36 Å². The smallest absolute Gasteiger partial charge is 0.233 e. The van der Waals surface area contributed by atoms with Crippen LogP contribution in [0.1, 0.15) is 0 Å². The normalized spacial score (nSPS) is 18.5. The van der Waals surface area contributed by atoms with Crippen molar-refractivity contribution in [2.45, 2.75) is 0 Å². The average molecular weight is 250 g/mol. The number of rotatable bonds is 0. The van der Waals surface area contributed by atoms with Gasteiger partial charge in [-0.3, -0.25) is 9.59 Å². The van der Waals surface area contributed by atoms with E-state index in [1.165, 1.54) is 6.08 Å². The van der Waals surface area contributed by atoms with Crippen LogP contribution in [0.25, 0.3) is 0 Å². The van der Waals surface area contributed by atoms with E-state index >= 15 is 0 Å². The van der Waals surface area contributed by atoms with Crippen LogP contribution < -0.4 is 0 Å². The zero-order chi connectivity index (χ0) is 7.72. The van der Waals surface area contributed by atoms with Gasteiger partial charge in [0.15, 0.2) is 11.5 Å². The van der Waals surface area contributed by atoms with E-state index in [0.29, 0.717) is 0 Å². The highest BCUT2D eigenvalue weighted by Gasteiger charge is 2.18. The van der Waals surface area contributed by atoms with E-state index in [2.05, 4.69) is 0 Å². The molecule has 1 N–H and O–H groups in total. The molecule has 0 atom stereocenters. The molecule has 0 saturated heterocycles. The molecule has 0 unspecified atom stereocenters. The molecule has 0 aromatic carbocycles. The lowest BCUT2D eigenvalue weighted by Gasteiger charge is -2.01. The number of aliphatic hydroxyl groups is 1. The van der Waals surface area contributed by atoms with E-state index in [0.717, 1.165) is 6.08 Å². The minimum absolute atomic E-state index is 0.252. The van der Waals surface area contributed by atoms with Crippen LogP contribution in [0.3, 0.4) is 0 Å². The molecule has 0 aromatic rings. The Kier molecular flexibility index (Phi) is 1.89. The van der Waals surface area contributed by atoms with E-state index in [9.17, 15) is 9.59 Å². The van der Waals surface area contributed by atoms with E-state index < -0.39 is 11.5 Å². The molecule has 4 heteroatoms. The summed E-state index contributed by atoms with van der Waals surface area (Å²) in [6.07, 6.45) is 2.09. The summed E-state index contributed by atoms with van der Waals surface area (Å²) in [6, 6.07) is 0. The van der Waals surface area contributed by atoms with E-state index in [1.807, 2.05) is 0 Å². The zero-order valence-electron chi connectivity index (χ0n) is 4.80. The van der Waals surface area contributed by atoms with Crippen molar-refractivity contribution in [3.8, 4) is 0 Å². The van der Waals surface area contributed by atoms with Gasteiger partial charge in [0.05, 0.1) is 3.58 Å². The largest absolute Gasteiger partial charge is 0.504 e. The summed E-state index contributed by atoms with van der Waals surface area (Å²) in [4.78, 5) is 21.3. The van der Waals surface area contributed by atoms with Gasteiger partial charge in [-0.1, -0.05) is 0 Å². The van der Waals surface area contributed by atoms with Gasteiger partial charge in [0.25, 0.3) is 0 Å². The summed E-state index contributed by atoms with van der Waals surface area (Å²) < 4.78 is 0.252. The number of aliphatic hydroxyl groups excluding tert-OH is 1. The third-order valence-electron chi connectivity index (χ3n) is 0.998. The molecule has 0 saturated carbocycles. The Balaban J connectivity index is 3.05. The summed E-state index contributed by atoms with van der Waals surface area (Å²) in [6.45, 7) is 0. The predicted octanol–water partition coefficient (Wildman–Crippen LogP) is 0.899. The molecular formula is C6H3IO3. The number of ketones is 2. The second-order valence-corrected chi connectivity index (χ2v) is 2.92. The minimum atomic E-state index is -0.486. The molecule has 1 aliphatic rings. The SMILES string of the molecule is O=C1C=C(O)C(=O)C(I)=C1. The first-order valence-electron chi connectivity index (χ1n) is 2.48. The molecule has 0 aromatic heterocycles. The standard InChI is InChI=1S/C6H3IO3/c7-4-1-3(8)2-5(9)6(4)10/h1-2,9H. The third-order valence-corrected chi connectivity index (χ3v) is 1.80. The summed E-state index contributed by atoms with van der Waals surface area (Å²) in [7, 11) is 0. The van der Waals surface area contributed by atoms with E-state index in [1.54, 1.807) is 22.6 Å². The molecule has 1 aliphatic carbocycles. The number of halogens is 1. The number of carbonyl (C=O) groups is 2. The Morgan fingerprint density at radius 3 is 2.40 bits per heavy atom. The summed E-state index contributed by atoms with van der Waals surface area (Å²) >= 11 is 1.70. The van der Waals surface area contributed by atoms with Gasteiger partial charge in [0.2, 0.25) is 5.78 Å². The molecule has 0 fully saturated rings. The summed E-state index contributed by atoms with van der Waals surface area (Å²) in [5, 5.41) is 8.76. The monoisotopic (exact) mass is 250 g/mol. The highest BCUT2D eigenvalue weighted by Crippen LogP contribution is 2.16. The fourth-order valence-corrected chi connectivity index (χ4v) is 1.14. The molecule has 0 aliphatic heterocycles. The number of hydrogen-bond acceptors (Lipinski definition) is 3. The van der Waals surface area contributed by atoms with Crippen molar-refractivity contribution >= 4 is 34.2 Å². The Hall–Kier alpha value is -0.650. The van der Waals surface area contributed by atoms with Crippen molar-refractivity contribution in [1.29, 1.82) is 0 Å². The van der Waals surface area contributed by atoms with Gasteiger partial charge in [0.1, 0.15) is 0 Å². The third kappa shape index (κ3) is 1.26. The second kappa shape index (κ2) is 2.53. The maximum atomic E-state index is 10.7. The number of Topliss-reactive ketones (excluding diaryl/α,β-unsaturated/α-hetero) is 1. The molecule has 3 nitrogen and oxygen atoms in total. The van der Waals surface area contributed by atoms with Crippen LogP contribution >= 0.6 is 22.6 Å². The van der Waals surface area contributed by atoms with Gasteiger partial charge >= 0.3 is 0 Å². The quantitative estimate of drug-likeness (QED) is 0.513. The van der Waals surface area contributed by atoms with Crippen LogP contribution in [0, 0.1) is 0 Å². The maximum Gasteiger partial charge on any atom is 0.233 e. The molecule has 52 valence electrons. The van der Waals surface area contributed by atoms with Crippen LogP contribution in [0.4, 0.5) is 0 Å². The first-order chi connectivity index (χ1) is 4.61. The van der Waals surface area contributed by atoms with Gasteiger partial charge in [-0.05, 0) is 22.6 Å². The van der Waals surface area contributed by atoms with Crippen molar-refractivity contribution in [2.24, 2.45) is 0 Å². The van der Waals surface area contributed by atoms with Gasteiger partial charge < -0.3 is 5.11 Å². The fourth-order valence-electron chi connectivity index (χ4n) is 0.555. The average Bonchev–Trinajstić information content (AvgIpc) is 1.82. The van der Waals surface area contributed by atoms with Crippen LogP contribution in [0.15, 0.2) is 21.5 Å². The van der Waals surface area contributed by atoms with Crippen LogP contribution in [0.5, 0.6) is 0 Å². The van der Waals surface area contributed by atoms with Gasteiger partial charge in [0, 0.05) is 12.2 Å². The van der Waals surface area contributed by atoms with Crippen LogP contribution in [-0.2, 0) is 9.59 Å². The number of hydrogen-bond donors (Lipinski definition) is 1. The Morgan fingerprint density at radius 2 is 1.90 bits per heavy atom. The highest BCUT2D eigenvalue weighted by atomic mass is 127. The molecule has 0 bridgehead atoms. The van der Waals surface area contributed by atoms with E-state index in [4.69, 9.17) is 5.11 Å². The zero-order valence-corrected chi connectivity index (χ0v) is 6.95. The molecular weight excluding hydrogens is 247 g/mol. The highest BCUT2D eigenvalue weighted by molar-refractivity contribution is 14.1. The lowest BCUT2D eigenvalue weighted by atomic mass is 10.1. The lowest BCUT2D eigenvalue weighted by Crippen LogP contribution is -2.09. The van der Waals surface area contributed by atoms with Gasteiger partial charge in [-0.25, -0.2) is 0 Å². The molecule has 10 heavy (non-hydrogen) atoms. The predicted molar refractivity (Wildman–Crippen MR) is 42.8 cm³/mol. The topological polar surface area (TPSA) is 54.4 Å². The maximum absolute atomic E-state index is 10.7. The Bertz CT molecular complexity index is 238. The van der Waals surface area contributed by atoms with Crippen LogP contribution in [-0.4, -0.2) is 16.7 Å². The van der Waals surface area contributed by atoms with Gasteiger partial charge in [-0.2, -0.15) is 0 Å². The molecule has 1 rings (SSSR count). The number of carbonyl (C=O) groups excluding carboxylic acids is 2. The number of allylic oxidation sites excluding steroid dienone is 3. The fraction of sp³-hybridized carbons (Fsp3) is 0. The van der Waals surface area contributed by atoms with Crippen molar-refractivity contribution < 1.29 is 14.7 Å². The van der Waals surface area contributed by atoms with Crippen molar-refractivity contribution in [2.75, 3.05) is 0 Å².